The predicted molar refractivity (Wildman–Crippen MR) is 78.1 cm³/mol. The molecule has 3 heteroatoms. The van der Waals surface area contributed by atoms with E-state index in [1.807, 2.05) is 38.1 Å². The van der Waals surface area contributed by atoms with Crippen LogP contribution in [0.2, 0.25) is 5.02 Å². The third kappa shape index (κ3) is 3.34. The van der Waals surface area contributed by atoms with Gasteiger partial charge in [-0.05, 0) is 54.4 Å². The molecule has 0 bridgehead atoms. The topological polar surface area (TPSA) is 12.0 Å². The summed E-state index contributed by atoms with van der Waals surface area (Å²) >= 11 is 6.05. The Kier molecular flexibility index (Phi) is 4.56. The number of hydrogen-bond donors (Lipinski definition) is 1. The summed E-state index contributed by atoms with van der Waals surface area (Å²) in [6.07, 6.45) is 0. The zero-order chi connectivity index (χ0) is 13.8. The van der Waals surface area contributed by atoms with Crippen LogP contribution in [0.25, 0.3) is 0 Å². The minimum atomic E-state index is -0.217. The molecule has 0 amide bonds. The second-order valence-corrected chi connectivity index (χ2v) is 4.98. The molecule has 2 aromatic carbocycles. The van der Waals surface area contributed by atoms with Crippen molar-refractivity contribution in [1.29, 1.82) is 0 Å². The standard InChI is InChI=1S/C16H17ClFN/c1-3-19-16(12-5-4-6-13(17)9-12)15-10-14(18)8-7-11(15)2/h4-10,16,19H,3H2,1-2H3. The number of rotatable bonds is 4. The predicted octanol–water partition coefficient (Wildman–Crippen LogP) is 4.49. The largest absolute Gasteiger partial charge is 0.307 e. The van der Waals surface area contributed by atoms with Crippen molar-refractivity contribution in [3.63, 3.8) is 0 Å². The molecular weight excluding hydrogens is 261 g/mol. The van der Waals surface area contributed by atoms with Crippen molar-refractivity contribution in [2.75, 3.05) is 6.54 Å². The highest BCUT2D eigenvalue weighted by Gasteiger charge is 2.16. The fourth-order valence-electron chi connectivity index (χ4n) is 2.22. The minimum absolute atomic E-state index is 0.0422. The molecule has 0 aromatic heterocycles. The Bertz CT molecular complexity index is 568. The van der Waals surface area contributed by atoms with E-state index in [1.165, 1.54) is 6.07 Å². The number of benzene rings is 2. The Labute approximate surface area is 118 Å². The van der Waals surface area contributed by atoms with Crippen molar-refractivity contribution in [1.82, 2.24) is 5.32 Å². The van der Waals surface area contributed by atoms with Crippen LogP contribution >= 0.6 is 11.6 Å². The molecule has 1 atom stereocenters. The van der Waals surface area contributed by atoms with E-state index in [2.05, 4.69) is 5.32 Å². The van der Waals surface area contributed by atoms with E-state index in [-0.39, 0.29) is 11.9 Å². The van der Waals surface area contributed by atoms with Crippen LogP contribution in [-0.2, 0) is 0 Å². The van der Waals surface area contributed by atoms with Crippen LogP contribution in [-0.4, -0.2) is 6.54 Å². The van der Waals surface area contributed by atoms with E-state index >= 15 is 0 Å². The first-order valence-electron chi connectivity index (χ1n) is 6.36. The van der Waals surface area contributed by atoms with E-state index in [1.54, 1.807) is 12.1 Å². The fourth-order valence-corrected chi connectivity index (χ4v) is 2.42. The van der Waals surface area contributed by atoms with Crippen molar-refractivity contribution in [3.05, 3.63) is 70.0 Å². The van der Waals surface area contributed by atoms with Crippen LogP contribution in [0.3, 0.4) is 0 Å². The van der Waals surface area contributed by atoms with E-state index in [0.717, 1.165) is 23.2 Å². The molecule has 0 aliphatic carbocycles. The third-order valence-electron chi connectivity index (χ3n) is 3.14. The fraction of sp³-hybridized carbons (Fsp3) is 0.250. The van der Waals surface area contributed by atoms with Crippen molar-refractivity contribution >= 4 is 11.6 Å². The quantitative estimate of drug-likeness (QED) is 0.868. The molecule has 0 spiro atoms. The summed E-state index contributed by atoms with van der Waals surface area (Å²) in [6.45, 7) is 4.82. The molecule has 0 radical (unpaired) electrons. The Balaban J connectivity index is 2.48. The molecule has 1 nitrogen and oxygen atoms in total. The van der Waals surface area contributed by atoms with Crippen molar-refractivity contribution in [2.45, 2.75) is 19.9 Å². The van der Waals surface area contributed by atoms with Crippen LogP contribution in [0.5, 0.6) is 0 Å². The highest BCUT2D eigenvalue weighted by atomic mass is 35.5. The maximum Gasteiger partial charge on any atom is 0.123 e. The lowest BCUT2D eigenvalue weighted by atomic mass is 9.95. The highest BCUT2D eigenvalue weighted by molar-refractivity contribution is 6.30. The van der Waals surface area contributed by atoms with Crippen molar-refractivity contribution < 1.29 is 4.39 Å². The first-order chi connectivity index (χ1) is 9.11. The van der Waals surface area contributed by atoms with Gasteiger partial charge in [-0.2, -0.15) is 0 Å². The van der Waals surface area contributed by atoms with Gasteiger partial charge in [0.1, 0.15) is 5.82 Å². The first kappa shape index (κ1) is 14.0. The molecule has 0 fully saturated rings. The third-order valence-corrected chi connectivity index (χ3v) is 3.38. The van der Waals surface area contributed by atoms with Gasteiger partial charge in [0.15, 0.2) is 0 Å². The number of halogens is 2. The summed E-state index contributed by atoms with van der Waals surface area (Å²) in [5.41, 5.74) is 3.06. The Hall–Kier alpha value is -1.38. The summed E-state index contributed by atoms with van der Waals surface area (Å²) in [4.78, 5) is 0. The molecule has 1 N–H and O–H groups in total. The van der Waals surface area contributed by atoms with E-state index in [0.29, 0.717) is 5.02 Å². The lowest BCUT2D eigenvalue weighted by Gasteiger charge is -2.21. The van der Waals surface area contributed by atoms with Gasteiger partial charge >= 0.3 is 0 Å². The molecule has 19 heavy (non-hydrogen) atoms. The second kappa shape index (κ2) is 6.18. The zero-order valence-electron chi connectivity index (χ0n) is 11.1. The Morgan fingerprint density at radius 1 is 1.21 bits per heavy atom. The maximum absolute atomic E-state index is 13.5. The molecule has 1 unspecified atom stereocenters. The summed E-state index contributed by atoms with van der Waals surface area (Å²) in [7, 11) is 0. The Morgan fingerprint density at radius 2 is 2.00 bits per heavy atom. The molecule has 0 saturated carbocycles. The van der Waals surface area contributed by atoms with Gasteiger partial charge in [0, 0.05) is 5.02 Å². The number of hydrogen-bond acceptors (Lipinski definition) is 1. The van der Waals surface area contributed by atoms with Gasteiger partial charge in [-0.15, -0.1) is 0 Å². The average Bonchev–Trinajstić information content (AvgIpc) is 2.39. The second-order valence-electron chi connectivity index (χ2n) is 4.55. The normalized spacial score (nSPS) is 12.4. The lowest BCUT2D eigenvalue weighted by molar-refractivity contribution is 0.600. The first-order valence-corrected chi connectivity index (χ1v) is 6.74. The summed E-state index contributed by atoms with van der Waals surface area (Å²) in [5, 5.41) is 4.07. The maximum atomic E-state index is 13.5. The van der Waals surface area contributed by atoms with Crippen LogP contribution in [0, 0.1) is 12.7 Å². The molecule has 0 aliphatic heterocycles. The molecule has 2 rings (SSSR count). The van der Waals surface area contributed by atoms with Gasteiger partial charge in [-0.1, -0.05) is 36.7 Å². The van der Waals surface area contributed by atoms with Gasteiger partial charge in [0.25, 0.3) is 0 Å². The van der Waals surface area contributed by atoms with Crippen LogP contribution < -0.4 is 5.32 Å². The molecular formula is C16H17ClFN. The van der Waals surface area contributed by atoms with E-state index in [4.69, 9.17) is 11.6 Å². The molecule has 0 aliphatic rings. The molecule has 100 valence electrons. The van der Waals surface area contributed by atoms with Crippen molar-refractivity contribution in [2.24, 2.45) is 0 Å². The van der Waals surface area contributed by atoms with E-state index < -0.39 is 0 Å². The summed E-state index contributed by atoms with van der Waals surface area (Å²) in [5.74, 6) is -0.217. The van der Waals surface area contributed by atoms with Crippen LogP contribution in [0.4, 0.5) is 4.39 Å². The summed E-state index contributed by atoms with van der Waals surface area (Å²) < 4.78 is 13.5. The molecule has 0 saturated heterocycles. The Morgan fingerprint density at radius 3 is 2.68 bits per heavy atom. The van der Waals surface area contributed by atoms with Crippen LogP contribution in [0.1, 0.15) is 29.7 Å². The van der Waals surface area contributed by atoms with Crippen LogP contribution in [0.15, 0.2) is 42.5 Å². The SMILES string of the molecule is CCNC(c1cccc(Cl)c1)c1cc(F)ccc1C. The molecule has 0 heterocycles. The summed E-state index contributed by atoms with van der Waals surface area (Å²) in [6, 6.07) is 12.5. The van der Waals surface area contributed by atoms with Gasteiger partial charge in [-0.25, -0.2) is 4.39 Å². The lowest BCUT2D eigenvalue weighted by Crippen LogP contribution is -2.23. The number of aryl methyl sites for hydroxylation is 1. The monoisotopic (exact) mass is 277 g/mol. The van der Waals surface area contributed by atoms with Gasteiger partial charge in [0.05, 0.1) is 6.04 Å². The average molecular weight is 278 g/mol. The highest BCUT2D eigenvalue weighted by Crippen LogP contribution is 2.27. The van der Waals surface area contributed by atoms with Crippen molar-refractivity contribution in [3.8, 4) is 0 Å². The number of nitrogens with one attached hydrogen (secondary N) is 1. The van der Waals surface area contributed by atoms with Gasteiger partial charge in [-0.3, -0.25) is 0 Å². The van der Waals surface area contributed by atoms with E-state index in [9.17, 15) is 4.39 Å². The van der Waals surface area contributed by atoms with Gasteiger partial charge in [0.2, 0.25) is 0 Å². The molecule has 2 aromatic rings. The zero-order valence-corrected chi connectivity index (χ0v) is 11.8. The minimum Gasteiger partial charge on any atom is -0.307 e. The van der Waals surface area contributed by atoms with Gasteiger partial charge < -0.3 is 5.32 Å². The smallest absolute Gasteiger partial charge is 0.123 e.